The van der Waals surface area contributed by atoms with E-state index in [2.05, 4.69) is 76.2 Å². The molecule has 0 spiro atoms. The zero-order valence-electron chi connectivity index (χ0n) is 14.0. The molecule has 4 rings (SSSR count). The Balaban J connectivity index is 2.00. The second-order valence-corrected chi connectivity index (χ2v) is 6.50. The summed E-state index contributed by atoms with van der Waals surface area (Å²) in [5, 5.41) is 2.42. The van der Waals surface area contributed by atoms with Crippen molar-refractivity contribution < 1.29 is 4.42 Å². The summed E-state index contributed by atoms with van der Waals surface area (Å²) >= 11 is 0. The van der Waals surface area contributed by atoms with Gasteiger partial charge in [-0.2, -0.15) is 0 Å². The van der Waals surface area contributed by atoms with E-state index in [-0.39, 0.29) is 0 Å². The number of furan rings is 1. The quantitative estimate of drug-likeness (QED) is 0.392. The van der Waals surface area contributed by atoms with Crippen LogP contribution in [0.25, 0.3) is 33.1 Å². The summed E-state index contributed by atoms with van der Waals surface area (Å²) in [7, 11) is 0. The highest BCUT2D eigenvalue weighted by molar-refractivity contribution is 6.07. The SMILES string of the molecule is Cc1cccc(-c2ccc3c(c2)oc2c(C)c(C)c(C)cc23)c1. The van der Waals surface area contributed by atoms with E-state index in [1.165, 1.54) is 44.2 Å². The van der Waals surface area contributed by atoms with Crippen LogP contribution in [0.5, 0.6) is 0 Å². The van der Waals surface area contributed by atoms with Gasteiger partial charge in [-0.15, -0.1) is 0 Å². The third-order valence-corrected chi connectivity index (χ3v) is 4.94. The number of benzene rings is 3. The molecule has 4 aromatic rings. The van der Waals surface area contributed by atoms with Crippen LogP contribution in [0.1, 0.15) is 22.3 Å². The van der Waals surface area contributed by atoms with Crippen LogP contribution in [0.4, 0.5) is 0 Å². The monoisotopic (exact) mass is 300 g/mol. The topological polar surface area (TPSA) is 13.1 Å². The molecule has 0 aliphatic carbocycles. The summed E-state index contributed by atoms with van der Waals surface area (Å²) in [5.41, 5.74) is 9.57. The fraction of sp³-hybridized carbons (Fsp3) is 0.182. The molecule has 0 saturated heterocycles. The Morgan fingerprint density at radius 1 is 0.696 bits per heavy atom. The molecule has 0 bridgehead atoms. The first-order valence-corrected chi connectivity index (χ1v) is 8.04. The fourth-order valence-corrected chi connectivity index (χ4v) is 3.33. The zero-order valence-corrected chi connectivity index (χ0v) is 14.0. The molecule has 1 heteroatoms. The van der Waals surface area contributed by atoms with Crippen molar-refractivity contribution in [2.24, 2.45) is 0 Å². The maximum atomic E-state index is 6.21. The van der Waals surface area contributed by atoms with Gasteiger partial charge in [-0.05, 0) is 73.7 Å². The van der Waals surface area contributed by atoms with Gasteiger partial charge in [0.1, 0.15) is 11.2 Å². The molecule has 0 N–H and O–H groups in total. The first-order valence-electron chi connectivity index (χ1n) is 8.04. The number of hydrogen-bond acceptors (Lipinski definition) is 1. The minimum atomic E-state index is 0.965. The fourth-order valence-electron chi connectivity index (χ4n) is 3.33. The molecule has 0 aliphatic rings. The van der Waals surface area contributed by atoms with Crippen LogP contribution in [-0.2, 0) is 0 Å². The smallest absolute Gasteiger partial charge is 0.138 e. The predicted molar refractivity (Wildman–Crippen MR) is 98.1 cm³/mol. The highest BCUT2D eigenvalue weighted by Crippen LogP contribution is 2.35. The Kier molecular flexibility index (Phi) is 3.05. The normalized spacial score (nSPS) is 11.5. The number of fused-ring (bicyclic) bond motifs is 3. The Bertz CT molecular complexity index is 1050. The predicted octanol–water partition coefficient (Wildman–Crippen LogP) is 6.49. The van der Waals surface area contributed by atoms with Crippen molar-refractivity contribution in [3.8, 4) is 11.1 Å². The Hall–Kier alpha value is -2.54. The molecule has 0 radical (unpaired) electrons. The van der Waals surface area contributed by atoms with Crippen molar-refractivity contribution >= 4 is 21.9 Å². The molecule has 0 aliphatic heterocycles. The lowest BCUT2D eigenvalue weighted by molar-refractivity contribution is 0.665. The van der Waals surface area contributed by atoms with Crippen molar-refractivity contribution in [1.82, 2.24) is 0 Å². The van der Waals surface area contributed by atoms with Gasteiger partial charge in [0.15, 0.2) is 0 Å². The summed E-state index contributed by atoms with van der Waals surface area (Å²) in [5.74, 6) is 0. The number of hydrogen-bond donors (Lipinski definition) is 0. The summed E-state index contributed by atoms with van der Waals surface area (Å²) in [6.07, 6.45) is 0. The molecule has 0 saturated carbocycles. The molecule has 0 unspecified atom stereocenters. The van der Waals surface area contributed by atoms with Crippen LogP contribution in [-0.4, -0.2) is 0 Å². The van der Waals surface area contributed by atoms with E-state index in [0.29, 0.717) is 0 Å². The van der Waals surface area contributed by atoms with Crippen molar-refractivity contribution in [2.75, 3.05) is 0 Å². The lowest BCUT2D eigenvalue weighted by Gasteiger charge is -2.04. The Labute approximate surface area is 136 Å². The highest BCUT2D eigenvalue weighted by Gasteiger charge is 2.13. The van der Waals surface area contributed by atoms with E-state index >= 15 is 0 Å². The number of rotatable bonds is 1. The van der Waals surface area contributed by atoms with E-state index < -0.39 is 0 Å². The third kappa shape index (κ3) is 2.16. The van der Waals surface area contributed by atoms with Crippen LogP contribution >= 0.6 is 0 Å². The van der Waals surface area contributed by atoms with Gasteiger partial charge in [0, 0.05) is 10.8 Å². The molecule has 3 aromatic carbocycles. The lowest BCUT2D eigenvalue weighted by Crippen LogP contribution is -1.86. The van der Waals surface area contributed by atoms with E-state index in [1.54, 1.807) is 0 Å². The van der Waals surface area contributed by atoms with Gasteiger partial charge < -0.3 is 4.42 Å². The minimum absolute atomic E-state index is 0.965. The first-order chi connectivity index (χ1) is 11.0. The van der Waals surface area contributed by atoms with Crippen LogP contribution in [0, 0.1) is 27.7 Å². The van der Waals surface area contributed by atoms with Gasteiger partial charge in [0.2, 0.25) is 0 Å². The van der Waals surface area contributed by atoms with E-state index in [1.807, 2.05) is 0 Å². The molecule has 1 nitrogen and oxygen atoms in total. The van der Waals surface area contributed by atoms with Crippen molar-refractivity contribution in [1.29, 1.82) is 0 Å². The maximum absolute atomic E-state index is 6.21. The molecule has 1 heterocycles. The standard InChI is InChI=1S/C22H20O/c1-13-6-5-7-17(10-13)18-8-9-19-20-11-14(2)15(3)16(4)22(20)23-21(19)12-18/h5-12H,1-4H3. The molecule has 23 heavy (non-hydrogen) atoms. The van der Waals surface area contributed by atoms with E-state index in [9.17, 15) is 0 Å². The Morgan fingerprint density at radius 3 is 2.26 bits per heavy atom. The Morgan fingerprint density at radius 2 is 1.48 bits per heavy atom. The van der Waals surface area contributed by atoms with Gasteiger partial charge in [-0.1, -0.05) is 35.9 Å². The second kappa shape index (κ2) is 4.99. The largest absolute Gasteiger partial charge is 0.456 e. The highest BCUT2D eigenvalue weighted by atomic mass is 16.3. The van der Waals surface area contributed by atoms with Crippen molar-refractivity contribution in [3.63, 3.8) is 0 Å². The second-order valence-electron chi connectivity index (χ2n) is 6.50. The van der Waals surface area contributed by atoms with Gasteiger partial charge in [-0.3, -0.25) is 0 Å². The summed E-state index contributed by atoms with van der Waals surface area (Å²) in [6, 6.07) is 17.4. The number of aryl methyl sites for hydroxylation is 3. The summed E-state index contributed by atoms with van der Waals surface area (Å²) in [6.45, 7) is 8.60. The van der Waals surface area contributed by atoms with Crippen molar-refractivity contribution in [3.05, 3.63) is 70.8 Å². The van der Waals surface area contributed by atoms with Crippen LogP contribution in [0.2, 0.25) is 0 Å². The molecular formula is C22H20O. The average molecular weight is 300 g/mol. The van der Waals surface area contributed by atoms with Gasteiger partial charge in [0.25, 0.3) is 0 Å². The van der Waals surface area contributed by atoms with E-state index in [4.69, 9.17) is 4.42 Å². The van der Waals surface area contributed by atoms with Gasteiger partial charge in [0.05, 0.1) is 0 Å². The molecular weight excluding hydrogens is 280 g/mol. The maximum Gasteiger partial charge on any atom is 0.138 e. The van der Waals surface area contributed by atoms with Crippen molar-refractivity contribution in [2.45, 2.75) is 27.7 Å². The molecule has 0 fully saturated rings. The van der Waals surface area contributed by atoms with Gasteiger partial charge in [-0.25, -0.2) is 0 Å². The molecule has 0 atom stereocenters. The summed E-state index contributed by atoms with van der Waals surface area (Å²) in [4.78, 5) is 0. The minimum Gasteiger partial charge on any atom is -0.456 e. The van der Waals surface area contributed by atoms with Gasteiger partial charge >= 0.3 is 0 Å². The lowest BCUT2D eigenvalue weighted by atomic mass is 9.99. The van der Waals surface area contributed by atoms with Crippen LogP contribution in [0.15, 0.2) is 52.9 Å². The first kappa shape index (κ1) is 14.1. The van der Waals surface area contributed by atoms with E-state index in [0.717, 1.165) is 11.2 Å². The summed E-state index contributed by atoms with van der Waals surface area (Å²) < 4.78 is 6.21. The third-order valence-electron chi connectivity index (χ3n) is 4.94. The van der Waals surface area contributed by atoms with Crippen LogP contribution in [0.3, 0.4) is 0 Å². The molecule has 114 valence electrons. The van der Waals surface area contributed by atoms with Crippen LogP contribution < -0.4 is 0 Å². The molecule has 0 amide bonds. The molecule has 1 aromatic heterocycles. The average Bonchev–Trinajstić information content (AvgIpc) is 2.91. The zero-order chi connectivity index (χ0) is 16.1.